The zero-order chi connectivity index (χ0) is 20.2. The van der Waals surface area contributed by atoms with Crippen molar-refractivity contribution >= 4 is 18.0 Å². The van der Waals surface area contributed by atoms with Crippen LogP contribution in [0.3, 0.4) is 0 Å². The monoisotopic (exact) mass is 378 g/mol. The van der Waals surface area contributed by atoms with E-state index in [0.29, 0.717) is 11.1 Å². The molecule has 0 unspecified atom stereocenters. The van der Waals surface area contributed by atoms with Crippen LogP contribution in [0, 0.1) is 13.8 Å². The third-order valence-electron chi connectivity index (χ3n) is 4.05. The van der Waals surface area contributed by atoms with E-state index in [1.54, 1.807) is 25.4 Å². The molecule has 0 saturated heterocycles. The van der Waals surface area contributed by atoms with Gasteiger partial charge in [-0.2, -0.15) is 13.2 Å². The second-order valence-electron chi connectivity index (χ2n) is 6.18. The lowest BCUT2D eigenvalue weighted by Crippen LogP contribution is -2.14. The Balaban J connectivity index is 2.19. The van der Waals surface area contributed by atoms with E-state index in [-0.39, 0.29) is 5.75 Å². The maximum atomic E-state index is 12.6. The van der Waals surface area contributed by atoms with E-state index in [1.807, 2.05) is 25.8 Å². The Morgan fingerprint density at radius 3 is 2.33 bits per heavy atom. The fourth-order valence-corrected chi connectivity index (χ4v) is 2.28. The summed E-state index contributed by atoms with van der Waals surface area (Å²) in [5, 5.41) is 0. The average Bonchev–Trinajstić information content (AvgIpc) is 2.61. The van der Waals surface area contributed by atoms with Gasteiger partial charge in [-0.25, -0.2) is 9.79 Å². The Morgan fingerprint density at radius 2 is 1.78 bits per heavy atom. The van der Waals surface area contributed by atoms with E-state index in [1.165, 1.54) is 0 Å². The summed E-state index contributed by atoms with van der Waals surface area (Å²) in [7, 11) is 1.90. The van der Waals surface area contributed by atoms with Crippen molar-refractivity contribution in [3.63, 3.8) is 0 Å². The molecule has 0 spiro atoms. The van der Waals surface area contributed by atoms with E-state index in [4.69, 9.17) is 4.74 Å². The predicted octanol–water partition coefficient (Wildman–Crippen LogP) is 5.15. The van der Waals surface area contributed by atoms with Crippen molar-refractivity contribution in [1.29, 1.82) is 0 Å². The molecule has 0 bridgehead atoms. The zero-order valence-corrected chi connectivity index (χ0v) is 15.6. The van der Waals surface area contributed by atoms with Crippen molar-refractivity contribution in [1.82, 2.24) is 4.90 Å². The van der Waals surface area contributed by atoms with Crippen molar-refractivity contribution < 1.29 is 22.7 Å². The fraction of sp³-hybridized carbons (Fsp3) is 0.300. The van der Waals surface area contributed by atoms with Gasteiger partial charge in [0.1, 0.15) is 5.75 Å². The van der Waals surface area contributed by atoms with Crippen LogP contribution in [0.4, 0.5) is 18.9 Å². The minimum Gasteiger partial charge on any atom is -0.423 e. The first kappa shape index (κ1) is 20.5. The minimum atomic E-state index is -4.43. The molecule has 0 amide bonds. The largest absolute Gasteiger partial charge is 0.423 e. The lowest BCUT2D eigenvalue weighted by atomic mass is 10.0. The summed E-state index contributed by atoms with van der Waals surface area (Å²) >= 11 is 0. The summed E-state index contributed by atoms with van der Waals surface area (Å²) in [6, 6.07) is 7.45. The topological polar surface area (TPSA) is 41.9 Å². The Kier molecular flexibility index (Phi) is 6.25. The van der Waals surface area contributed by atoms with Crippen LogP contribution < -0.4 is 4.74 Å². The first-order chi connectivity index (χ1) is 12.6. The summed E-state index contributed by atoms with van der Waals surface area (Å²) < 4.78 is 43.0. The molecule has 2 aromatic rings. The molecule has 27 heavy (non-hydrogen) atoms. The van der Waals surface area contributed by atoms with Crippen LogP contribution in [0.2, 0.25) is 0 Å². The summed E-state index contributed by atoms with van der Waals surface area (Å²) in [6.07, 6.45) is -2.72. The van der Waals surface area contributed by atoms with Gasteiger partial charge in [0, 0.05) is 13.6 Å². The molecule has 0 aliphatic rings. The predicted molar refractivity (Wildman–Crippen MR) is 98.8 cm³/mol. The molecule has 2 aromatic carbocycles. The van der Waals surface area contributed by atoms with Gasteiger partial charge in [0.15, 0.2) is 0 Å². The van der Waals surface area contributed by atoms with Crippen molar-refractivity contribution in [2.45, 2.75) is 26.9 Å². The molecule has 0 N–H and O–H groups in total. The van der Waals surface area contributed by atoms with Gasteiger partial charge in [-0.05, 0) is 68.3 Å². The number of aryl methyl sites for hydroxylation is 2. The third-order valence-corrected chi connectivity index (χ3v) is 4.05. The number of hydrogen-bond acceptors (Lipinski definition) is 3. The highest BCUT2D eigenvalue weighted by atomic mass is 19.4. The summed E-state index contributed by atoms with van der Waals surface area (Å²) in [5.41, 5.74) is 1.74. The molecular formula is C20H21F3N2O2. The van der Waals surface area contributed by atoms with Crippen molar-refractivity contribution in [2.24, 2.45) is 4.99 Å². The second kappa shape index (κ2) is 8.24. The first-order valence-electron chi connectivity index (χ1n) is 8.37. The molecule has 0 saturated carbocycles. The number of hydrogen-bond donors (Lipinski definition) is 0. The minimum absolute atomic E-state index is 0.0525. The molecule has 7 heteroatoms. The van der Waals surface area contributed by atoms with Crippen molar-refractivity contribution in [2.75, 3.05) is 13.6 Å². The van der Waals surface area contributed by atoms with E-state index in [9.17, 15) is 18.0 Å². The molecule has 0 heterocycles. The smallest absolute Gasteiger partial charge is 0.416 e. The van der Waals surface area contributed by atoms with Gasteiger partial charge in [0.25, 0.3) is 0 Å². The van der Waals surface area contributed by atoms with E-state index < -0.39 is 17.7 Å². The van der Waals surface area contributed by atoms with Crippen LogP contribution in [0.1, 0.15) is 34.0 Å². The van der Waals surface area contributed by atoms with Crippen molar-refractivity contribution in [3.05, 3.63) is 58.7 Å². The molecule has 0 aliphatic heterocycles. The molecule has 0 aliphatic carbocycles. The molecule has 0 aromatic heterocycles. The lowest BCUT2D eigenvalue weighted by Gasteiger charge is -2.12. The number of aliphatic imine (C=N–C) groups is 1. The maximum Gasteiger partial charge on any atom is 0.416 e. The molecule has 2 rings (SSSR count). The average molecular weight is 378 g/mol. The molecule has 0 fully saturated rings. The molecule has 0 radical (unpaired) electrons. The second-order valence-corrected chi connectivity index (χ2v) is 6.18. The number of halogens is 3. The highest BCUT2D eigenvalue weighted by Gasteiger charge is 2.30. The quantitative estimate of drug-likeness (QED) is 0.313. The number of nitrogens with zero attached hydrogens (tertiary/aromatic N) is 2. The first-order valence-corrected chi connectivity index (χ1v) is 8.37. The Labute approximate surface area is 156 Å². The number of rotatable bonds is 5. The van der Waals surface area contributed by atoms with Gasteiger partial charge in [0.05, 0.1) is 23.2 Å². The van der Waals surface area contributed by atoms with Crippen molar-refractivity contribution in [3.8, 4) is 5.75 Å². The number of carbonyl (C=O) groups is 1. The number of ether oxygens (including phenoxy) is 1. The molecule has 4 nitrogen and oxygen atoms in total. The Bertz CT molecular complexity index is 844. The summed E-state index contributed by atoms with van der Waals surface area (Å²) in [5.74, 6) is -0.576. The summed E-state index contributed by atoms with van der Waals surface area (Å²) in [4.78, 5) is 18.7. The van der Waals surface area contributed by atoms with Crippen LogP contribution in [0.25, 0.3) is 0 Å². The van der Waals surface area contributed by atoms with E-state index >= 15 is 0 Å². The van der Waals surface area contributed by atoms with Gasteiger partial charge < -0.3 is 9.64 Å². The van der Waals surface area contributed by atoms with Gasteiger partial charge in [-0.1, -0.05) is 0 Å². The molecule has 144 valence electrons. The summed E-state index contributed by atoms with van der Waals surface area (Å²) in [6.45, 7) is 6.40. The number of esters is 1. The number of benzene rings is 2. The molecule has 0 atom stereocenters. The maximum absolute atomic E-state index is 12.6. The van der Waals surface area contributed by atoms with Crippen LogP contribution in [-0.4, -0.2) is 30.8 Å². The van der Waals surface area contributed by atoms with Crippen LogP contribution >= 0.6 is 0 Å². The standard InChI is InChI=1S/C20H21F3N2O2/c1-5-25(4)12-24-18-11-13(2)17(10-14(18)3)19(26)27-16-8-6-15(7-9-16)20(21,22)23/h6-12H,5H2,1-4H3. The highest BCUT2D eigenvalue weighted by molar-refractivity contribution is 5.93. The van der Waals surface area contributed by atoms with Gasteiger partial charge in [-0.3, -0.25) is 0 Å². The Morgan fingerprint density at radius 1 is 1.15 bits per heavy atom. The zero-order valence-electron chi connectivity index (χ0n) is 15.6. The highest BCUT2D eigenvalue weighted by Crippen LogP contribution is 2.30. The number of carbonyl (C=O) groups excluding carboxylic acids is 1. The van der Waals surface area contributed by atoms with Crippen LogP contribution in [0.15, 0.2) is 41.4 Å². The number of alkyl halides is 3. The van der Waals surface area contributed by atoms with Gasteiger partial charge in [0.2, 0.25) is 0 Å². The lowest BCUT2D eigenvalue weighted by molar-refractivity contribution is -0.137. The van der Waals surface area contributed by atoms with Gasteiger partial charge in [-0.15, -0.1) is 0 Å². The van der Waals surface area contributed by atoms with Crippen LogP contribution in [0.5, 0.6) is 5.75 Å². The fourth-order valence-electron chi connectivity index (χ4n) is 2.28. The normalized spacial score (nSPS) is 11.7. The van der Waals surface area contributed by atoms with Crippen LogP contribution in [-0.2, 0) is 6.18 Å². The molecular weight excluding hydrogens is 357 g/mol. The Hall–Kier alpha value is -2.83. The van der Waals surface area contributed by atoms with Gasteiger partial charge >= 0.3 is 12.1 Å². The third kappa shape index (κ3) is 5.32. The van der Waals surface area contributed by atoms with E-state index in [2.05, 4.69) is 4.99 Å². The SMILES string of the molecule is CCN(C)C=Nc1cc(C)c(C(=O)Oc2ccc(C(F)(F)F)cc2)cc1C. The van der Waals surface area contributed by atoms with E-state index in [0.717, 1.165) is 42.1 Å².